The van der Waals surface area contributed by atoms with E-state index < -0.39 is 0 Å². The number of nitrogens with zero attached hydrogens (tertiary/aromatic N) is 3. The van der Waals surface area contributed by atoms with Gasteiger partial charge in [-0.1, -0.05) is 18.2 Å². The fraction of sp³-hybridized carbons (Fsp3) is 0. The molecule has 0 saturated heterocycles. The third kappa shape index (κ3) is 2.80. The fourth-order valence-electron chi connectivity index (χ4n) is 3.29. The van der Waals surface area contributed by atoms with Crippen LogP contribution in [0.4, 0.5) is 0 Å². The topological polar surface area (TPSA) is 60.0 Å². The molecule has 0 amide bonds. The molecule has 2 aromatic carbocycles. The molecule has 0 aliphatic carbocycles. The molecule has 0 radical (unpaired) electrons. The average molecular weight is 385 g/mol. The van der Waals surface area contributed by atoms with Crippen LogP contribution in [0.15, 0.2) is 99.5 Å². The van der Waals surface area contributed by atoms with Crippen LogP contribution in [0.3, 0.4) is 0 Å². The average Bonchev–Trinajstić information content (AvgIpc) is 3.35. The first-order valence-electron chi connectivity index (χ1n) is 8.82. The summed E-state index contributed by atoms with van der Waals surface area (Å²) in [7, 11) is 0. The summed E-state index contributed by atoms with van der Waals surface area (Å²) in [4.78, 5) is 9.16. The van der Waals surface area contributed by atoms with E-state index in [0.29, 0.717) is 0 Å². The smallest absolute Gasteiger partial charge is 0.265 e. The molecule has 2 N–H and O–H groups in total. The zero-order valence-electron chi connectivity index (χ0n) is 14.9. The van der Waals surface area contributed by atoms with Gasteiger partial charge in [0, 0.05) is 10.9 Å². The molecule has 3 heterocycles. The second-order valence-corrected chi connectivity index (χ2v) is 7.25. The van der Waals surface area contributed by atoms with Crippen molar-refractivity contribution in [3.63, 3.8) is 0 Å². The van der Waals surface area contributed by atoms with E-state index in [-0.39, 0.29) is 4.59 Å². The second kappa shape index (κ2) is 6.69. The van der Waals surface area contributed by atoms with Crippen molar-refractivity contribution in [2.45, 2.75) is 0 Å². The minimum Gasteiger partial charge on any atom is -0.457 e. The molecule has 1 unspecified atom stereocenters. The van der Waals surface area contributed by atoms with Crippen LogP contribution >= 0.6 is 11.3 Å². The van der Waals surface area contributed by atoms with Gasteiger partial charge in [0.15, 0.2) is 0 Å². The summed E-state index contributed by atoms with van der Waals surface area (Å²) in [5.41, 5.74) is 3.70. The molecule has 6 heteroatoms. The van der Waals surface area contributed by atoms with Crippen LogP contribution in [0.2, 0.25) is 0 Å². The van der Waals surface area contributed by atoms with Gasteiger partial charge in [0.05, 0.1) is 18.0 Å². The molecule has 0 fully saturated rings. The highest BCUT2D eigenvalue weighted by Gasteiger charge is 2.44. The molecule has 5 nitrogen and oxygen atoms in total. The zero-order chi connectivity index (χ0) is 19.0. The maximum Gasteiger partial charge on any atom is 0.265 e. The summed E-state index contributed by atoms with van der Waals surface area (Å²) in [6.45, 7) is 0. The summed E-state index contributed by atoms with van der Waals surface area (Å²) < 4.78 is 5.89. The number of para-hydroxylation sites is 1. The molecule has 0 spiro atoms. The first-order valence-corrected chi connectivity index (χ1v) is 9.76. The lowest BCUT2D eigenvalue weighted by molar-refractivity contribution is -0.749. The molecule has 28 heavy (non-hydrogen) atoms. The zero-order valence-corrected chi connectivity index (χ0v) is 15.7. The Labute approximate surface area is 166 Å². The van der Waals surface area contributed by atoms with E-state index in [2.05, 4.69) is 10.4 Å². The number of thiophene rings is 1. The van der Waals surface area contributed by atoms with Crippen LogP contribution in [0.25, 0.3) is 5.70 Å². The Morgan fingerprint density at radius 2 is 1.68 bits per heavy atom. The van der Waals surface area contributed by atoms with Gasteiger partial charge < -0.3 is 4.74 Å². The van der Waals surface area contributed by atoms with Crippen molar-refractivity contribution in [1.82, 2.24) is 0 Å². The lowest BCUT2D eigenvalue weighted by Gasteiger charge is -2.26. The lowest BCUT2D eigenvalue weighted by atomic mass is 10.1. The minimum atomic E-state index is 0.00751. The van der Waals surface area contributed by atoms with Crippen LogP contribution in [0, 0.1) is 0 Å². The molecule has 0 bridgehead atoms. The number of hydrogen-bond donors (Lipinski definition) is 1. The van der Waals surface area contributed by atoms with Crippen molar-refractivity contribution in [1.29, 1.82) is 0 Å². The summed E-state index contributed by atoms with van der Waals surface area (Å²) in [5.74, 6) is 9.06. The van der Waals surface area contributed by atoms with Gasteiger partial charge in [-0.2, -0.15) is 22.2 Å². The number of aliphatic imine (C=N–C) groups is 2. The van der Waals surface area contributed by atoms with Crippen LogP contribution in [-0.4, -0.2) is 16.6 Å². The third-order valence-electron chi connectivity index (χ3n) is 4.68. The van der Waals surface area contributed by atoms with Crippen LogP contribution in [-0.2, 0) is 0 Å². The third-order valence-corrected chi connectivity index (χ3v) is 5.36. The van der Waals surface area contributed by atoms with Crippen molar-refractivity contribution < 1.29 is 9.33 Å². The predicted molar refractivity (Wildman–Crippen MR) is 113 cm³/mol. The first kappa shape index (κ1) is 16.8. The monoisotopic (exact) mass is 385 g/mol. The van der Waals surface area contributed by atoms with Gasteiger partial charge in [-0.15, -0.1) is 4.59 Å². The van der Waals surface area contributed by atoms with Crippen LogP contribution < -0.4 is 10.6 Å². The van der Waals surface area contributed by atoms with E-state index in [0.717, 1.165) is 39.9 Å². The standard InChI is InChI=1S/C22H17N4OS/c23-26-12-11-24-14-20(26)21(17-10-13-28-15-17)25-22(26)16-6-8-19(9-7-16)27-18-4-2-1-3-5-18/h1-15H,23H2/q+1. The largest absolute Gasteiger partial charge is 0.457 e. The minimum absolute atomic E-state index is 0.00751. The van der Waals surface area contributed by atoms with Gasteiger partial charge in [0.1, 0.15) is 23.4 Å². The van der Waals surface area contributed by atoms with Crippen molar-refractivity contribution in [3.8, 4) is 11.5 Å². The summed E-state index contributed by atoms with van der Waals surface area (Å²) in [6.07, 6.45) is 5.35. The number of quaternary nitrogens is 1. The molecular formula is C22H17N4OS+. The van der Waals surface area contributed by atoms with Crippen molar-refractivity contribution in [3.05, 3.63) is 101 Å². The van der Waals surface area contributed by atoms with E-state index in [4.69, 9.17) is 15.6 Å². The van der Waals surface area contributed by atoms with Crippen LogP contribution in [0.1, 0.15) is 11.1 Å². The maximum atomic E-state index is 6.74. The molecule has 1 atom stereocenters. The SMILES string of the molecule is N[N+]12C=CN=CC1=C(c1ccsc1)N=C2c1ccc(Oc2ccccc2)cc1. The highest BCUT2D eigenvalue weighted by atomic mass is 32.1. The molecule has 0 saturated carbocycles. The molecule has 2 aliphatic rings. The van der Waals surface area contributed by atoms with E-state index in [1.54, 1.807) is 23.8 Å². The highest BCUT2D eigenvalue weighted by Crippen LogP contribution is 2.36. The Morgan fingerprint density at radius 3 is 2.43 bits per heavy atom. The lowest BCUT2D eigenvalue weighted by Crippen LogP contribution is -2.53. The van der Waals surface area contributed by atoms with Crippen molar-refractivity contribution in [2.24, 2.45) is 15.8 Å². The number of fused-ring (bicyclic) bond motifs is 1. The molecule has 3 aromatic rings. The number of benzene rings is 2. The number of amidine groups is 1. The number of rotatable bonds is 4. The van der Waals surface area contributed by atoms with Crippen molar-refractivity contribution in [2.75, 3.05) is 0 Å². The summed E-state index contributed by atoms with van der Waals surface area (Å²) in [6, 6.07) is 19.6. The van der Waals surface area contributed by atoms with Crippen LogP contribution in [0.5, 0.6) is 11.5 Å². The molecule has 5 rings (SSSR count). The Kier molecular flexibility index (Phi) is 4.02. The number of hydrogen-bond acceptors (Lipinski definition) is 5. The summed E-state index contributed by atoms with van der Waals surface area (Å²) >= 11 is 1.63. The van der Waals surface area contributed by atoms with Gasteiger partial charge in [0.25, 0.3) is 5.84 Å². The van der Waals surface area contributed by atoms with Gasteiger partial charge in [-0.3, -0.25) is 4.99 Å². The van der Waals surface area contributed by atoms with Crippen molar-refractivity contribution >= 4 is 29.1 Å². The maximum absolute atomic E-state index is 6.74. The molecule has 136 valence electrons. The quantitative estimate of drug-likeness (QED) is 0.512. The van der Waals surface area contributed by atoms with Gasteiger partial charge in [-0.25, -0.2) is 0 Å². The number of ether oxygens (including phenoxy) is 1. The number of nitrogens with two attached hydrogens (primary N) is 1. The highest BCUT2D eigenvalue weighted by molar-refractivity contribution is 7.08. The van der Waals surface area contributed by atoms with E-state index in [9.17, 15) is 0 Å². The Bertz CT molecular complexity index is 1130. The van der Waals surface area contributed by atoms with Gasteiger partial charge in [0.2, 0.25) is 5.70 Å². The second-order valence-electron chi connectivity index (χ2n) is 6.47. The van der Waals surface area contributed by atoms with Gasteiger partial charge >= 0.3 is 0 Å². The first-order chi connectivity index (χ1) is 13.7. The Hall–Kier alpha value is -3.32. The van der Waals surface area contributed by atoms with E-state index in [1.165, 1.54) is 0 Å². The fourth-order valence-corrected chi connectivity index (χ4v) is 3.93. The summed E-state index contributed by atoms with van der Waals surface area (Å²) in [5, 5.41) is 4.11. The Morgan fingerprint density at radius 1 is 0.893 bits per heavy atom. The number of allylic oxidation sites excluding steroid dienone is 1. The van der Waals surface area contributed by atoms with E-state index in [1.807, 2.05) is 72.2 Å². The molecular weight excluding hydrogens is 368 g/mol. The Balaban J connectivity index is 1.50. The van der Waals surface area contributed by atoms with E-state index >= 15 is 0 Å². The molecule has 2 aliphatic heterocycles. The molecule has 1 aromatic heterocycles. The normalized spacial score (nSPS) is 20.2. The predicted octanol–water partition coefficient (Wildman–Crippen LogP) is 4.92. The van der Waals surface area contributed by atoms with Gasteiger partial charge in [-0.05, 0) is 47.8 Å².